The molecule has 1 aromatic carbocycles. The molecule has 0 aromatic heterocycles. The second kappa shape index (κ2) is 5.37. The molecule has 0 saturated carbocycles. The number of carbonyl (C=O) groups is 1. The van der Waals surface area contributed by atoms with Gasteiger partial charge in [-0.2, -0.15) is 0 Å². The Morgan fingerprint density at radius 1 is 1.67 bits per heavy atom. The molecule has 0 saturated heterocycles. The number of carbonyl (C=O) groups excluding carboxylic acids is 1. The van der Waals surface area contributed by atoms with Crippen LogP contribution in [0.3, 0.4) is 0 Å². The van der Waals surface area contributed by atoms with Crippen molar-refractivity contribution in [2.45, 2.75) is 19.4 Å². The first-order valence-corrected chi connectivity index (χ1v) is 5.72. The summed E-state index contributed by atoms with van der Waals surface area (Å²) in [5, 5.41) is 3.57. The van der Waals surface area contributed by atoms with E-state index in [0.29, 0.717) is 17.1 Å². The van der Waals surface area contributed by atoms with E-state index < -0.39 is 6.04 Å². The monoisotopic (exact) mass is 290 g/mol. The molecule has 0 spiro atoms. The number of halogens is 2. The molecular formula is C10H12BrClN2O. The summed E-state index contributed by atoms with van der Waals surface area (Å²) in [4.78, 5) is 11.0. The van der Waals surface area contributed by atoms with E-state index in [2.05, 4.69) is 21.2 Å². The Hall–Kier alpha value is -0.740. The van der Waals surface area contributed by atoms with E-state index in [1.54, 1.807) is 6.07 Å². The lowest BCUT2D eigenvalue weighted by Gasteiger charge is -2.15. The van der Waals surface area contributed by atoms with E-state index in [9.17, 15) is 4.79 Å². The highest BCUT2D eigenvalue weighted by atomic mass is 79.9. The van der Waals surface area contributed by atoms with Crippen molar-refractivity contribution in [3.63, 3.8) is 0 Å². The predicted octanol–water partition coefficient (Wildman–Crippen LogP) is 2.78. The van der Waals surface area contributed by atoms with Gasteiger partial charge in [0.05, 0.1) is 10.7 Å². The van der Waals surface area contributed by atoms with Crippen molar-refractivity contribution in [2.75, 3.05) is 5.32 Å². The fraction of sp³-hybridized carbons (Fsp3) is 0.300. The van der Waals surface area contributed by atoms with Crippen LogP contribution in [0.1, 0.15) is 13.3 Å². The first-order valence-electron chi connectivity index (χ1n) is 4.55. The first kappa shape index (κ1) is 12.3. The Morgan fingerprint density at radius 2 is 2.33 bits per heavy atom. The SMILES string of the molecule is CCC(Nc1cc(Br)ccc1Cl)C(N)=O. The molecule has 3 N–H and O–H groups in total. The van der Waals surface area contributed by atoms with Gasteiger partial charge in [-0.15, -0.1) is 0 Å². The maximum Gasteiger partial charge on any atom is 0.239 e. The van der Waals surface area contributed by atoms with E-state index in [1.807, 2.05) is 19.1 Å². The molecule has 1 atom stereocenters. The van der Waals surface area contributed by atoms with Gasteiger partial charge in [0.15, 0.2) is 0 Å². The summed E-state index contributed by atoms with van der Waals surface area (Å²) >= 11 is 9.30. The Labute approximate surface area is 102 Å². The van der Waals surface area contributed by atoms with Crippen LogP contribution in [-0.2, 0) is 4.79 Å². The zero-order valence-corrected chi connectivity index (χ0v) is 10.6. The third-order valence-corrected chi connectivity index (χ3v) is 2.83. The van der Waals surface area contributed by atoms with Gasteiger partial charge < -0.3 is 11.1 Å². The van der Waals surface area contributed by atoms with Crippen molar-refractivity contribution in [3.8, 4) is 0 Å². The van der Waals surface area contributed by atoms with Crippen LogP contribution in [-0.4, -0.2) is 11.9 Å². The summed E-state index contributed by atoms with van der Waals surface area (Å²) in [6.45, 7) is 1.88. The molecule has 1 unspecified atom stereocenters. The quantitative estimate of drug-likeness (QED) is 0.896. The van der Waals surface area contributed by atoms with Crippen LogP contribution in [0.4, 0.5) is 5.69 Å². The van der Waals surface area contributed by atoms with Gasteiger partial charge in [0, 0.05) is 4.47 Å². The normalized spacial score (nSPS) is 12.2. The smallest absolute Gasteiger partial charge is 0.239 e. The molecule has 0 aliphatic rings. The molecule has 3 nitrogen and oxygen atoms in total. The van der Waals surface area contributed by atoms with Crippen molar-refractivity contribution in [1.29, 1.82) is 0 Å². The Balaban J connectivity index is 2.87. The highest BCUT2D eigenvalue weighted by Crippen LogP contribution is 2.26. The van der Waals surface area contributed by atoms with Gasteiger partial charge in [-0.3, -0.25) is 4.79 Å². The van der Waals surface area contributed by atoms with Crippen LogP contribution in [0.2, 0.25) is 5.02 Å². The summed E-state index contributed by atoms with van der Waals surface area (Å²) < 4.78 is 0.897. The minimum Gasteiger partial charge on any atom is -0.372 e. The topological polar surface area (TPSA) is 55.1 Å². The van der Waals surface area contributed by atoms with Gasteiger partial charge in [0.25, 0.3) is 0 Å². The van der Waals surface area contributed by atoms with Crippen molar-refractivity contribution in [3.05, 3.63) is 27.7 Å². The molecular weight excluding hydrogens is 279 g/mol. The predicted molar refractivity (Wildman–Crippen MR) is 66.0 cm³/mol. The Morgan fingerprint density at radius 3 is 2.87 bits per heavy atom. The molecule has 0 aliphatic carbocycles. The second-order valence-corrected chi connectivity index (χ2v) is 4.45. The zero-order valence-electron chi connectivity index (χ0n) is 8.26. The fourth-order valence-electron chi connectivity index (χ4n) is 1.17. The molecule has 82 valence electrons. The standard InChI is InChI=1S/C10H12BrClN2O/c1-2-8(10(13)15)14-9-5-6(11)3-4-7(9)12/h3-5,8,14H,2H2,1H3,(H2,13,15). The van der Waals surface area contributed by atoms with Gasteiger partial charge in [0.1, 0.15) is 6.04 Å². The minimum absolute atomic E-state index is 0.381. The Bertz CT molecular complexity index is 370. The highest BCUT2D eigenvalue weighted by Gasteiger charge is 2.13. The van der Waals surface area contributed by atoms with E-state index in [4.69, 9.17) is 17.3 Å². The molecule has 0 aliphatic heterocycles. The minimum atomic E-state index is -0.392. The third-order valence-electron chi connectivity index (χ3n) is 2.01. The Kier molecular flexibility index (Phi) is 4.42. The average Bonchev–Trinajstić information content (AvgIpc) is 2.18. The maximum absolute atomic E-state index is 11.0. The van der Waals surface area contributed by atoms with E-state index in [1.165, 1.54) is 0 Å². The molecule has 0 radical (unpaired) electrons. The molecule has 0 fully saturated rings. The van der Waals surface area contributed by atoms with Crippen LogP contribution in [0.25, 0.3) is 0 Å². The number of anilines is 1. The lowest BCUT2D eigenvalue weighted by atomic mass is 10.2. The van der Waals surface area contributed by atoms with Gasteiger partial charge in [-0.05, 0) is 24.6 Å². The van der Waals surface area contributed by atoms with Crippen molar-refractivity contribution in [1.82, 2.24) is 0 Å². The lowest BCUT2D eigenvalue weighted by molar-refractivity contribution is -0.118. The van der Waals surface area contributed by atoms with Gasteiger partial charge >= 0.3 is 0 Å². The summed E-state index contributed by atoms with van der Waals surface area (Å²) in [6, 6.07) is 5.01. The van der Waals surface area contributed by atoms with Crippen LogP contribution in [0.5, 0.6) is 0 Å². The van der Waals surface area contributed by atoms with Crippen molar-refractivity contribution >= 4 is 39.1 Å². The van der Waals surface area contributed by atoms with Crippen LogP contribution in [0.15, 0.2) is 22.7 Å². The largest absolute Gasteiger partial charge is 0.372 e. The average molecular weight is 292 g/mol. The van der Waals surface area contributed by atoms with Gasteiger partial charge in [0.2, 0.25) is 5.91 Å². The zero-order chi connectivity index (χ0) is 11.4. The number of amides is 1. The fourth-order valence-corrected chi connectivity index (χ4v) is 1.70. The summed E-state index contributed by atoms with van der Waals surface area (Å²) in [5.41, 5.74) is 5.93. The van der Waals surface area contributed by atoms with E-state index >= 15 is 0 Å². The molecule has 5 heteroatoms. The number of rotatable bonds is 4. The molecule has 15 heavy (non-hydrogen) atoms. The van der Waals surface area contributed by atoms with Crippen molar-refractivity contribution in [2.24, 2.45) is 5.73 Å². The van der Waals surface area contributed by atoms with Crippen LogP contribution >= 0.6 is 27.5 Å². The molecule has 0 heterocycles. The van der Waals surface area contributed by atoms with E-state index in [0.717, 1.165) is 4.47 Å². The molecule has 0 bridgehead atoms. The first-order chi connectivity index (χ1) is 7.04. The van der Waals surface area contributed by atoms with Gasteiger partial charge in [-0.1, -0.05) is 34.5 Å². The number of nitrogens with two attached hydrogens (primary N) is 1. The van der Waals surface area contributed by atoms with Crippen LogP contribution in [0, 0.1) is 0 Å². The second-order valence-electron chi connectivity index (χ2n) is 3.13. The van der Waals surface area contributed by atoms with Crippen molar-refractivity contribution < 1.29 is 4.79 Å². The van der Waals surface area contributed by atoms with Gasteiger partial charge in [-0.25, -0.2) is 0 Å². The summed E-state index contributed by atoms with van der Waals surface area (Å²) in [7, 11) is 0. The summed E-state index contributed by atoms with van der Waals surface area (Å²) in [5.74, 6) is -0.381. The third kappa shape index (κ3) is 3.39. The number of primary amides is 1. The number of hydrogen-bond donors (Lipinski definition) is 2. The molecule has 1 amide bonds. The highest BCUT2D eigenvalue weighted by molar-refractivity contribution is 9.10. The molecule has 1 aromatic rings. The van der Waals surface area contributed by atoms with Crippen LogP contribution < -0.4 is 11.1 Å². The molecule has 1 rings (SSSR count). The lowest BCUT2D eigenvalue weighted by Crippen LogP contribution is -2.34. The maximum atomic E-state index is 11.0. The number of hydrogen-bond acceptors (Lipinski definition) is 2. The number of benzene rings is 1. The number of nitrogens with one attached hydrogen (secondary N) is 1. The summed E-state index contributed by atoms with van der Waals surface area (Å²) in [6.07, 6.45) is 0.623. The van der Waals surface area contributed by atoms with E-state index in [-0.39, 0.29) is 5.91 Å².